The Morgan fingerprint density at radius 2 is 0.597 bits per heavy atom. The minimum absolute atomic E-state index is 0.857. The lowest BCUT2D eigenvalue weighted by Gasteiger charge is -2.29. The molecule has 0 aliphatic carbocycles. The van der Waals surface area contributed by atoms with E-state index < -0.39 is 0 Å². The number of benzene rings is 13. The van der Waals surface area contributed by atoms with Gasteiger partial charge in [-0.1, -0.05) is 218 Å². The Balaban J connectivity index is 0.000000717. The first-order valence-corrected chi connectivity index (χ1v) is 26.4. The average molecular weight is 989 g/mol. The molecule has 15 aromatic rings. The number of hydrogen-bond donors (Lipinski definition) is 0. The van der Waals surface area contributed by atoms with Crippen molar-refractivity contribution in [2.45, 2.75) is 20.8 Å². The normalized spacial score (nSPS) is 11.6. The SMILES string of the molecule is Cc1cccc2c1oc1c(N(c3ccc(-c4ccccc4)cc3)c3ccc4ccc5c(N(c6ccc(-c7ccccc7)cc6)c6cccc7c6oc6c(C)cccc67)ccc6ccc3c4c65)cccc12.Cc1ccccc1. The molecule has 2 heterocycles. The first-order valence-electron chi connectivity index (χ1n) is 26.4. The largest absolute Gasteiger partial charge is 0.454 e. The van der Waals surface area contributed by atoms with E-state index in [1.165, 1.54) is 38.2 Å². The van der Waals surface area contributed by atoms with E-state index in [1.807, 2.05) is 18.2 Å². The zero-order valence-electron chi connectivity index (χ0n) is 43.0. The molecule has 0 N–H and O–H groups in total. The lowest BCUT2D eigenvalue weighted by molar-refractivity contribution is 0.665. The summed E-state index contributed by atoms with van der Waals surface area (Å²) >= 11 is 0. The summed E-state index contributed by atoms with van der Waals surface area (Å²) in [6.07, 6.45) is 0. The van der Waals surface area contributed by atoms with Gasteiger partial charge in [0, 0.05) is 43.7 Å². The van der Waals surface area contributed by atoms with Crippen molar-refractivity contribution in [2.24, 2.45) is 0 Å². The van der Waals surface area contributed by atoms with Crippen LogP contribution in [-0.2, 0) is 0 Å². The van der Waals surface area contributed by atoms with Crippen molar-refractivity contribution in [3.8, 4) is 22.3 Å². The van der Waals surface area contributed by atoms with Crippen LogP contribution < -0.4 is 9.80 Å². The third-order valence-corrected chi connectivity index (χ3v) is 15.4. The molecule has 0 aliphatic rings. The summed E-state index contributed by atoms with van der Waals surface area (Å²) in [4.78, 5) is 4.79. The van der Waals surface area contributed by atoms with E-state index in [9.17, 15) is 0 Å². The van der Waals surface area contributed by atoms with Gasteiger partial charge >= 0.3 is 0 Å². The highest BCUT2D eigenvalue weighted by Crippen LogP contribution is 2.51. The lowest BCUT2D eigenvalue weighted by atomic mass is 9.91. The molecule has 4 heteroatoms. The van der Waals surface area contributed by atoms with E-state index in [2.05, 4.69) is 273 Å². The Bertz CT molecular complexity index is 4350. The average Bonchev–Trinajstić information content (AvgIpc) is 4.08. The predicted molar refractivity (Wildman–Crippen MR) is 326 cm³/mol. The van der Waals surface area contributed by atoms with Crippen LogP contribution in [0.25, 0.3) is 98.4 Å². The molecule has 0 saturated heterocycles. The highest BCUT2D eigenvalue weighted by Gasteiger charge is 2.26. The Hall–Kier alpha value is -9.90. The van der Waals surface area contributed by atoms with Crippen molar-refractivity contribution in [3.63, 3.8) is 0 Å². The zero-order valence-corrected chi connectivity index (χ0v) is 43.0. The van der Waals surface area contributed by atoms with Gasteiger partial charge in [-0.3, -0.25) is 0 Å². The zero-order chi connectivity index (χ0) is 51.6. The molecule has 0 bridgehead atoms. The molecule has 0 radical (unpaired) electrons. The number of anilines is 6. The Labute approximate surface area is 447 Å². The number of rotatable bonds is 8. The van der Waals surface area contributed by atoms with Crippen LogP contribution in [0.3, 0.4) is 0 Å². The van der Waals surface area contributed by atoms with Crippen molar-refractivity contribution in [2.75, 3.05) is 9.80 Å². The molecule has 77 heavy (non-hydrogen) atoms. The van der Waals surface area contributed by atoms with Crippen LogP contribution in [-0.4, -0.2) is 0 Å². The fourth-order valence-electron chi connectivity index (χ4n) is 11.6. The maximum Gasteiger partial charge on any atom is 0.159 e. The molecule has 0 amide bonds. The first kappa shape index (κ1) is 45.7. The summed E-state index contributed by atoms with van der Waals surface area (Å²) in [5, 5.41) is 11.5. The molecule has 0 saturated carbocycles. The van der Waals surface area contributed by atoms with Crippen LogP contribution >= 0.6 is 0 Å². The van der Waals surface area contributed by atoms with Gasteiger partial charge in [-0.25, -0.2) is 0 Å². The van der Waals surface area contributed by atoms with Crippen LogP contribution in [0.2, 0.25) is 0 Å². The summed E-state index contributed by atoms with van der Waals surface area (Å²) in [5.41, 5.74) is 18.0. The molecule has 2 aromatic heterocycles. The summed E-state index contributed by atoms with van der Waals surface area (Å²) in [7, 11) is 0. The molecule has 0 atom stereocenters. The van der Waals surface area contributed by atoms with Crippen LogP contribution in [0.5, 0.6) is 0 Å². The summed E-state index contributed by atoms with van der Waals surface area (Å²) in [5.74, 6) is 0. The molecule has 0 fully saturated rings. The minimum Gasteiger partial charge on any atom is -0.454 e. The first-order chi connectivity index (χ1) is 37.9. The number of aryl methyl sites for hydroxylation is 3. The van der Waals surface area contributed by atoms with Crippen LogP contribution in [0.1, 0.15) is 16.7 Å². The number of para-hydroxylation sites is 4. The van der Waals surface area contributed by atoms with Gasteiger partial charge in [-0.05, 0) is 124 Å². The maximum atomic E-state index is 6.92. The lowest BCUT2D eigenvalue weighted by Crippen LogP contribution is -2.12. The number of furan rings is 2. The van der Waals surface area contributed by atoms with Crippen LogP contribution in [0.4, 0.5) is 34.1 Å². The van der Waals surface area contributed by atoms with Gasteiger partial charge in [-0.15, -0.1) is 0 Å². The molecular formula is C73H52N2O2. The third kappa shape index (κ3) is 7.84. The fraction of sp³-hybridized carbons (Fsp3) is 0.0411. The minimum atomic E-state index is 0.857. The predicted octanol–water partition coefficient (Wildman–Crippen LogP) is 21.3. The van der Waals surface area contributed by atoms with Gasteiger partial charge < -0.3 is 18.6 Å². The third-order valence-electron chi connectivity index (χ3n) is 15.4. The monoisotopic (exact) mass is 988 g/mol. The standard InChI is InChI=1S/C66H44N2O2.C7H8/c1-41-13-9-19-51-53-21-11-23-59(65(53)69-63(41)51)67(49-33-25-45(26-34-49)43-15-5-3-6-16-43)57-39-31-47-30-38-56-58(40-32-48-29-37-55(57)61(47)62(48)56)68(50-35-27-46(28-36-50)44-17-7-4-8-18-44)60-24-12-22-54-52-20-10-14-42(2)64(52)70-66(54)60;1-7-5-3-2-4-6-7/h3-40H,1-2H3;2-6H,1H3. The molecule has 366 valence electrons. The number of nitrogens with zero attached hydrogens (tertiary/aromatic N) is 2. The van der Waals surface area contributed by atoms with Gasteiger partial charge in [0.05, 0.1) is 22.7 Å². The molecule has 13 aromatic carbocycles. The van der Waals surface area contributed by atoms with Gasteiger partial charge in [0.25, 0.3) is 0 Å². The number of hydrogen-bond acceptors (Lipinski definition) is 4. The quantitative estimate of drug-likeness (QED) is 0.142. The molecule has 4 nitrogen and oxygen atoms in total. The van der Waals surface area contributed by atoms with E-state index in [0.717, 1.165) is 111 Å². The second kappa shape index (κ2) is 18.8. The molecular weight excluding hydrogens is 937 g/mol. The van der Waals surface area contributed by atoms with E-state index >= 15 is 0 Å². The summed E-state index contributed by atoms with van der Waals surface area (Å²) in [6, 6.07) is 93.6. The molecule has 0 spiro atoms. The van der Waals surface area contributed by atoms with E-state index in [0.29, 0.717) is 0 Å². The van der Waals surface area contributed by atoms with Crippen LogP contribution in [0.15, 0.2) is 270 Å². The van der Waals surface area contributed by atoms with Crippen molar-refractivity contribution in [3.05, 3.63) is 278 Å². The molecule has 15 rings (SSSR count). The maximum absolute atomic E-state index is 6.92. The van der Waals surface area contributed by atoms with Crippen molar-refractivity contribution >= 4 is 110 Å². The van der Waals surface area contributed by atoms with Gasteiger partial charge in [0.2, 0.25) is 0 Å². The van der Waals surface area contributed by atoms with Crippen LogP contribution in [0, 0.1) is 20.8 Å². The van der Waals surface area contributed by atoms with E-state index in [-0.39, 0.29) is 0 Å². The van der Waals surface area contributed by atoms with Gasteiger partial charge in [0.1, 0.15) is 11.2 Å². The highest BCUT2D eigenvalue weighted by atomic mass is 16.3. The van der Waals surface area contributed by atoms with Gasteiger partial charge in [-0.2, -0.15) is 0 Å². The van der Waals surface area contributed by atoms with Crippen molar-refractivity contribution in [1.82, 2.24) is 0 Å². The summed E-state index contributed by atoms with van der Waals surface area (Å²) < 4.78 is 13.8. The van der Waals surface area contributed by atoms with Crippen molar-refractivity contribution < 1.29 is 8.83 Å². The van der Waals surface area contributed by atoms with Gasteiger partial charge in [0.15, 0.2) is 11.2 Å². The van der Waals surface area contributed by atoms with E-state index in [1.54, 1.807) is 0 Å². The second-order valence-corrected chi connectivity index (χ2v) is 20.2. The Kier molecular flexibility index (Phi) is 11.2. The number of fused-ring (bicyclic) bond motifs is 6. The second-order valence-electron chi connectivity index (χ2n) is 20.2. The topological polar surface area (TPSA) is 32.8 Å². The molecule has 0 unspecified atom stereocenters. The van der Waals surface area contributed by atoms with Crippen molar-refractivity contribution in [1.29, 1.82) is 0 Å². The summed E-state index contributed by atoms with van der Waals surface area (Å²) in [6.45, 7) is 6.33. The Morgan fingerprint density at radius 3 is 0.987 bits per heavy atom. The Morgan fingerprint density at radius 1 is 0.247 bits per heavy atom. The smallest absolute Gasteiger partial charge is 0.159 e. The highest BCUT2D eigenvalue weighted by molar-refractivity contribution is 6.29. The molecule has 0 aliphatic heterocycles. The van der Waals surface area contributed by atoms with E-state index in [4.69, 9.17) is 8.83 Å². The fourth-order valence-corrected chi connectivity index (χ4v) is 11.6.